The number of pyridine rings is 1. The fourth-order valence-electron chi connectivity index (χ4n) is 3.07. The number of anilines is 1. The number of aromatic amines is 1. The lowest BCUT2D eigenvalue weighted by Crippen LogP contribution is -2.36. The number of aryl methyl sites for hydroxylation is 1. The topological polar surface area (TPSA) is 59.0 Å². The molecule has 3 aromatic heterocycles. The summed E-state index contributed by atoms with van der Waals surface area (Å²) in [6.07, 6.45) is 2.97. The second kappa shape index (κ2) is 6.04. The standard InChI is InChI=1S/C17H21N5O/c1-2-8-22-16(13-4-3-7-18-13)19-14-5-6-15(20-17(14)22)21-9-11-23-12-10-21/h3-7,18H,2,8-12H2,1H3. The Kier molecular flexibility index (Phi) is 3.75. The van der Waals surface area contributed by atoms with Crippen LogP contribution < -0.4 is 4.90 Å². The van der Waals surface area contributed by atoms with Gasteiger partial charge in [0, 0.05) is 25.8 Å². The van der Waals surface area contributed by atoms with Gasteiger partial charge in [-0.2, -0.15) is 0 Å². The molecule has 0 spiro atoms. The third kappa shape index (κ3) is 2.59. The molecule has 0 atom stereocenters. The monoisotopic (exact) mass is 311 g/mol. The molecule has 0 aliphatic carbocycles. The summed E-state index contributed by atoms with van der Waals surface area (Å²) in [5.74, 6) is 1.97. The molecule has 3 aromatic rings. The van der Waals surface area contributed by atoms with Gasteiger partial charge in [-0.05, 0) is 30.7 Å². The normalized spacial score (nSPS) is 15.4. The first-order valence-corrected chi connectivity index (χ1v) is 8.20. The minimum atomic E-state index is 0.766. The van der Waals surface area contributed by atoms with Crippen molar-refractivity contribution in [3.8, 4) is 11.5 Å². The van der Waals surface area contributed by atoms with Crippen LogP contribution in [0, 0.1) is 0 Å². The van der Waals surface area contributed by atoms with Gasteiger partial charge in [-0.25, -0.2) is 9.97 Å². The summed E-state index contributed by atoms with van der Waals surface area (Å²) in [5, 5.41) is 0. The Labute approximate surface area is 135 Å². The van der Waals surface area contributed by atoms with Gasteiger partial charge in [0.2, 0.25) is 0 Å². The summed E-state index contributed by atoms with van der Waals surface area (Å²) >= 11 is 0. The Morgan fingerprint density at radius 1 is 1.17 bits per heavy atom. The molecule has 0 aromatic carbocycles. The number of H-pyrrole nitrogens is 1. The van der Waals surface area contributed by atoms with E-state index in [4.69, 9.17) is 14.7 Å². The Morgan fingerprint density at radius 3 is 2.78 bits per heavy atom. The van der Waals surface area contributed by atoms with E-state index in [1.54, 1.807) is 0 Å². The van der Waals surface area contributed by atoms with Crippen molar-refractivity contribution < 1.29 is 4.74 Å². The highest BCUT2D eigenvalue weighted by Gasteiger charge is 2.17. The first-order chi connectivity index (χ1) is 11.4. The highest BCUT2D eigenvalue weighted by molar-refractivity contribution is 5.78. The second-order valence-electron chi connectivity index (χ2n) is 5.78. The minimum Gasteiger partial charge on any atom is -0.378 e. The maximum absolute atomic E-state index is 5.43. The molecular formula is C17H21N5O. The van der Waals surface area contributed by atoms with Crippen LogP contribution >= 0.6 is 0 Å². The molecule has 1 fully saturated rings. The van der Waals surface area contributed by atoms with E-state index in [0.29, 0.717) is 0 Å². The first-order valence-electron chi connectivity index (χ1n) is 8.20. The fourth-order valence-corrected chi connectivity index (χ4v) is 3.07. The maximum atomic E-state index is 5.43. The summed E-state index contributed by atoms with van der Waals surface area (Å²) in [6.45, 7) is 6.40. The van der Waals surface area contributed by atoms with Crippen molar-refractivity contribution in [2.45, 2.75) is 19.9 Å². The van der Waals surface area contributed by atoms with E-state index in [1.165, 1.54) is 0 Å². The summed E-state index contributed by atoms with van der Waals surface area (Å²) in [4.78, 5) is 15.2. The van der Waals surface area contributed by atoms with Gasteiger partial charge in [0.15, 0.2) is 11.5 Å². The lowest BCUT2D eigenvalue weighted by Gasteiger charge is -2.27. The predicted molar refractivity (Wildman–Crippen MR) is 90.6 cm³/mol. The van der Waals surface area contributed by atoms with E-state index >= 15 is 0 Å². The zero-order chi connectivity index (χ0) is 15.6. The summed E-state index contributed by atoms with van der Waals surface area (Å²) < 4.78 is 7.65. The lowest BCUT2D eigenvalue weighted by atomic mass is 10.3. The van der Waals surface area contributed by atoms with Crippen LogP contribution in [0.3, 0.4) is 0 Å². The SMILES string of the molecule is CCCn1c(-c2ccc[nH]2)nc2ccc(N3CCOCC3)nc21. The smallest absolute Gasteiger partial charge is 0.162 e. The van der Waals surface area contributed by atoms with Gasteiger partial charge < -0.3 is 19.2 Å². The summed E-state index contributed by atoms with van der Waals surface area (Å²) in [5.41, 5.74) is 2.94. The molecular weight excluding hydrogens is 290 g/mol. The molecule has 23 heavy (non-hydrogen) atoms. The van der Waals surface area contributed by atoms with Crippen LogP contribution in [-0.4, -0.2) is 45.8 Å². The highest BCUT2D eigenvalue weighted by Crippen LogP contribution is 2.25. The number of morpholine rings is 1. The molecule has 6 heteroatoms. The van der Waals surface area contributed by atoms with Crippen LogP contribution in [0.5, 0.6) is 0 Å². The van der Waals surface area contributed by atoms with Crippen LogP contribution in [0.1, 0.15) is 13.3 Å². The van der Waals surface area contributed by atoms with E-state index in [9.17, 15) is 0 Å². The zero-order valence-corrected chi connectivity index (χ0v) is 13.3. The Hall–Kier alpha value is -2.34. The van der Waals surface area contributed by atoms with E-state index < -0.39 is 0 Å². The van der Waals surface area contributed by atoms with E-state index in [0.717, 1.165) is 67.8 Å². The molecule has 120 valence electrons. The lowest BCUT2D eigenvalue weighted by molar-refractivity contribution is 0.122. The van der Waals surface area contributed by atoms with E-state index in [1.807, 2.05) is 12.3 Å². The van der Waals surface area contributed by atoms with Crippen molar-refractivity contribution in [2.24, 2.45) is 0 Å². The van der Waals surface area contributed by atoms with Crippen molar-refractivity contribution in [1.82, 2.24) is 19.5 Å². The number of imidazole rings is 1. The molecule has 0 radical (unpaired) electrons. The van der Waals surface area contributed by atoms with Crippen molar-refractivity contribution in [3.05, 3.63) is 30.5 Å². The third-order valence-electron chi connectivity index (χ3n) is 4.20. The Balaban J connectivity index is 1.81. The number of nitrogens with one attached hydrogen (secondary N) is 1. The number of nitrogens with zero attached hydrogens (tertiary/aromatic N) is 4. The largest absolute Gasteiger partial charge is 0.378 e. The molecule has 1 aliphatic rings. The second-order valence-corrected chi connectivity index (χ2v) is 5.78. The molecule has 0 unspecified atom stereocenters. The van der Waals surface area contributed by atoms with Gasteiger partial charge in [-0.3, -0.25) is 0 Å². The van der Waals surface area contributed by atoms with Crippen molar-refractivity contribution in [3.63, 3.8) is 0 Å². The average Bonchev–Trinajstić information content (AvgIpc) is 3.24. The Morgan fingerprint density at radius 2 is 2.04 bits per heavy atom. The summed E-state index contributed by atoms with van der Waals surface area (Å²) in [6, 6.07) is 8.19. The highest BCUT2D eigenvalue weighted by atomic mass is 16.5. The number of rotatable bonds is 4. The molecule has 1 N–H and O–H groups in total. The van der Waals surface area contributed by atoms with Crippen LogP contribution in [0.4, 0.5) is 5.82 Å². The minimum absolute atomic E-state index is 0.766. The molecule has 6 nitrogen and oxygen atoms in total. The fraction of sp³-hybridized carbons (Fsp3) is 0.412. The number of fused-ring (bicyclic) bond motifs is 1. The number of hydrogen-bond donors (Lipinski definition) is 1. The van der Waals surface area contributed by atoms with Gasteiger partial charge in [0.05, 0.1) is 18.9 Å². The van der Waals surface area contributed by atoms with Crippen LogP contribution in [0.25, 0.3) is 22.7 Å². The van der Waals surface area contributed by atoms with Crippen molar-refractivity contribution in [1.29, 1.82) is 0 Å². The van der Waals surface area contributed by atoms with Crippen LogP contribution in [-0.2, 0) is 11.3 Å². The quantitative estimate of drug-likeness (QED) is 0.805. The van der Waals surface area contributed by atoms with Crippen molar-refractivity contribution in [2.75, 3.05) is 31.2 Å². The molecule has 0 saturated carbocycles. The number of ether oxygens (including phenoxy) is 1. The van der Waals surface area contributed by atoms with Gasteiger partial charge in [0.25, 0.3) is 0 Å². The van der Waals surface area contributed by atoms with E-state index in [-0.39, 0.29) is 0 Å². The molecule has 4 rings (SSSR count). The third-order valence-corrected chi connectivity index (χ3v) is 4.20. The first kappa shape index (κ1) is 14.3. The van der Waals surface area contributed by atoms with E-state index in [2.05, 4.69) is 39.6 Å². The van der Waals surface area contributed by atoms with Crippen LogP contribution in [0.2, 0.25) is 0 Å². The number of aromatic nitrogens is 4. The Bertz CT molecular complexity index is 787. The van der Waals surface area contributed by atoms with Gasteiger partial charge >= 0.3 is 0 Å². The molecule has 0 bridgehead atoms. The maximum Gasteiger partial charge on any atom is 0.162 e. The van der Waals surface area contributed by atoms with Crippen molar-refractivity contribution >= 4 is 17.0 Å². The van der Waals surface area contributed by atoms with Gasteiger partial charge in [-0.15, -0.1) is 0 Å². The van der Waals surface area contributed by atoms with Crippen LogP contribution in [0.15, 0.2) is 30.5 Å². The van der Waals surface area contributed by atoms with Gasteiger partial charge in [-0.1, -0.05) is 6.92 Å². The molecule has 0 amide bonds. The molecule has 1 saturated heterocycles. The summed E-state index contributed by atoms with van der Waals surface area (Å²) in [7, 11) is 0. The van der Waals surface area contributed by atoms with Gasteiger partial charge in [0.1, 0.15) is 11.3 Å². The average molecular weight is 311 g/mol. The number of hydrogen-bond acceptors (Lipinski definition) is 4. The zero-order valence-electron chi connectivity index (χ0n) is 13.3. The predicted octanol–water partition coefficient (Wildman–Crippen LogP) is 2.67. The molecule has 4 heterocycles. The molecule has 1 aliphatic heterocycles.